The average Bonchev–Trinajstić information content (AvgIpc) is 2.85. The summed E-state index contributed by atoms with van der Waals surface area (Å²) >= 11 is 0. The summed E-state index contributed by atoms with van der Waals surface area (Å²) in [4.78, 5) is 23.0. The third-order valence-electron chi connectivity index (χ3n) is 3.99. The van der Waals surface area contributed by atoms with Gasteiger partial charge in [-0.05, 0) is 18.9 Å². The molecule has 21 heavy (non-hydrogen) atoms. The van der Waals surface area contributed by atoms with Gasteiger partial charge in [0.15, 0.2) is 0 Å². The zero-order chi connectivity index (χ0) is 15.2. The lowest BCUT2D eigenvalue weighted by molar-refractivity contribution is -0.143. The third kappa shape index (κ3) is 4.21. The van der Waals surface area contributed by atoms with Crippen molar-refractivity contribution in [2.45, 2.75) is 38.1 Å². The van der Waals surface area contributed by atoms with Crippen LogP contribution >= 0.6 is 0 Å². The number of carboxylic acids is 1. The second-order valence-electron chi connectivity index (χ2n) is 5.43. The number of nitrogens with zero attached hydrogens (tertiary/aromatic N) is 2. The number of hydrogen-bond acceptors (Lipinski definition) is 3. The van der Waals surface area contributed by atoms with E-state index in [9.17, 15) is 14.7 Å². The molecule has 1 aromatic rings. The zero-order valence-corrected chi connectivity index (χ0v) is 12.2. The molecule has 2 atom stereocenters. The van der Waals surface area contributed by atoms with E-state index in [2.05, 4.69) is 15.7 Å². The van der Waals surface area contributed by atoms with E-state index in [1.54, 1.807) is 10.9 Å². The number of amides is 2. The molecule has 1 saturated carbocycles. The summed E-state index contributed by atoms with van der Waals surface area (Å²) in [5, 5.41) is 18.8. The maximum absolute atomic E-state index is 11.9. The van der Waals surface area contributed by atoms with E-state index in [4.69, 9.17) is 0 Å². The Hall–Kier alpha value is -2.05. The van der Waals surface area contributed by atoms with Crippen LogP contribution in [0.4, 0.5) is 4.79 Å². The van der Waals surface area contributed by atoms with Gasteiger partial charge in [-0.1, -0.05) is 12.8 Å². The molecular formula is C14H22N4O3. The molecule has 0 spiro atoms. The lowest BCUT2D eigenvalue weighted by Crippen LogP contribution is -2.49. The molecule has 1 aliphatic rings. The van der Waals surface area contributed by atoms with E-state index in [1.807, 2.05) is 13.1 Å². The summed E-state index contributed by atoms with van der Waals surface area (Å²) in [5.74, 6) is -1.29. The predicted octanol–water partition coefficient (Wildman–Crippen LogP) is 0.905. The van der Waals surface area contributed by atoms with E-state index in [0.29, 0.717) is 19.4 Å². The molecule has 2 amide bonds. The summed E-state index contributed by atoms with van der Waals surface area (Å²) < 4.78 is 1.77. The van der Waals surface area contributed by atoms with Gasteiger partial charge in [-0.15, -0.1) is 0 Å². The van der Waals surface area contributed by atoms with Crippen LogP contribution in [-0.4, -0.2) is 39.5 Å². The minimum atomic E-state index is -0.824. The topological polar surface area (TPSA) is 96.3 Å². The number of aryl methyl sites for hydroxylation is 1. The SMILES string of the molecule is Cn1nccc1CCNC(=O)NC1CCCCC1C(=O)O. The fourth-order valence-electron chi connectivity index (χ4n) is 2.77. The summed E-state index contributed by atoms with van der Waals surface area (Å²) in [6, 6.07) is 1.34. The normalized spacial score (nSPS) is 21.8. The largest absolute Gasteiger partial charge is 0.481 e. The van der Waals surface area contributed by atoms with Crippen LogP contribution in [0.2, 0.25) is 0 Å². The number of carboxylic acid groups (broad SMARTS) is 1. The van der Waals surface area contributed by atoms with Gasteiger partial charge in [0.05, 0.1) is 5.92 Å². The fraction of sp³-hybridized carbons (Fsp3) is 0.643. The standard InChI is InChI=1S/C14H22N4O3/c1-18-10(7-9-16-18)6-8-15-14(21)17-12-5-3-2-4-11(12)13(19)20/h7,9,11-12H,2-6,8H2,1H3,(H,19,20)(H2,15,17,21). The van der Waals surface area contributed by atoms with Crippen molar-refractivity contribution in [3.05, 3.63) is 18.0 Å². The molecule has 116 valence electrons. The van der Waals surface area contributed by atoms with Crippen LogP contribution in [0.5, 0.6) is 0 Å². The van der Waals surface area contributed by atoms with Crippen molar-refractivity contribution in [3.63, 3.8) is 0 Å². The molecule has 0 bridgehead atoms. The first-order valence-corrected chi connectivity index (χ1v) is 7.32. The Morgan fingerprint density at radius 2 is 2.19 bits per heavy atom. The minimum Gasteiger partial charge on any atom is -0.481 e. The van der Waals surface area contributed by atoms with Gasteiger partial charge >= 0.3 is 12.0 Å². The molecule has 3 N–H and O–H groups in total. The first-order chi connectivity index (χ1) is 10.1. The van der Waals surface area contributed by atoms with Gasteiger partial charge in [0, 0.05) is 37.9 Å². The minimum absolute atomic E-state index is 0.270. The number of rotatable bonds is 5. The van der Waals surface area contributed by atoms with Crippen molar-refractivity contribution in [2.75, 3.05) is 6.54 Å². The number of aliphatic carboxylic acids is 1. The Morgan fingerprint density at radius 1 is 1.43 bits per heavy atom. The smallest absolute Gasteiger partial charge is 0.315 e. The van der Waals surface area contributed by atoms with Crippen molar-refractivity contribution in [2.24, 2.45) is 13.0 Å². The van der Waals surface area contributed by atoms with Gasteiger partial charge in [0.2, 0.25) is 0 Å². The van der Waals surface area contributed by atoms with Gasteiger partial charge < -0.3 is 15.7 Å². The van der Waals surface area contributed by atoms with Crippen LogP contribution in [0.25, 0.3) is 0 Å². The zero-order valence-electron chi connectivity index (χ0n) is 12.2. The number of urea groups is 1. The van der Waals surface area contributed by atoms with Crippen molar-refractivity contribution in [1.82, 2.24) is 20.4 Å². The third-order valence-corrected chi connectivity index (χ3v) is 3.99. The van der Waals surface area contributed by atoms with Crippen LogP contribution in [-0.2, 0) is 18.3 Å². The molecule has 1 fully saturated rings. The highest BCUT2D eigenvalue weighted by atomic mass is 16.4. The summed E-state index contributed by atoms with van der Waals surface area (Å²) in [5.41, 5.74) is 1.04. The lowest BCUT2D eigenvalue weighted by Gasteiger charge is -2.29. The average molecular weight is 294 g/mol. The molecule has 0 radical (unpaired) electrons. The van der Waals surface area contributed by atoms with Crippen LogP contribution in [0.15, 0.2) is 12.3 Å². The van der Waals surface area contributed by atoms with Gasteiger partial charge in [-0.3, -0.25) is 9.48 Å². The molecule has 1 aromatic heterocycles. The summed E-state index contributed by atoms with van der Waals surface area (Å²) in [6.07, 6.45) is 5.65. The van der Waals surface area contributed by atoms with E-state index >= 15 is 0 Å². The van der Waals surface area contributed by atoms with Gasteiger partial charge in [0.1, 0.15) is 0 Å². The second kappa shape index (κ2) is 7.10. The van der Waals surface area contributed by atoms with Crippen LogP contribution < -0.4 is 10.6 Å². The predicted molar refractivity (Wildman–Crippen MR) is 76.8 cm³/mol. The molecule has 0 aliphatic heterocycles. The number of hydrogen-bond donors (Lipinski definition) is 3. The fourth-order valence-corrected chi connectivity index (χ4v) is 2.77. The van der Waals surface area contributed by atoms with Crippen LogP contribution in [0.1, 0.15) is 31.4 Å². The van der Waals surface area contributed by atoms with Gasteiger partial charge in [0.25, 0.3) is 0 Å². The first-order valence-electron chi connectivity index (χ1n) is 7.32. The maximum atomic E-state index is 11.9. The van der Waals surface area contributed by atoms with Crippen molar-refractivity contribution in [1.29, 1.82) is 0 Å². The van der Waals surface area contributed by atoms with E-state index in [-0.39, 0.29) is 12.1 Å². The highest BCUT2D eigenvalue weighted by Gasteiger charge is 2.31. The summed E-state index contributed by atoms with van der Waals surface area (Å²) in [6.45, 7) is 0.496. The van der Waals surface area contributed by atoms with Crippen LogP contribution in [0.3, 0.4) is 0 Å². The van der Waals surface area contributed by atoms with Gasteiger partial charge in [-0.2, -0.15) is 5.10 Å². The number of carbonyl (C=O) groups excluding carboxylic acids is 1. The molecule has 2 unspecified atom stereocenters. The van der Waals surface area contributed by atoms with Crippen molar-refractivity contribution in [3.8, 4) is 0 Å². The molecule has 2 rings (SSSR count). The lowest BCUT2D eigenvalue weighted by atomic mass is 9.84. The van der Waals surface area contributed by atoms with Crippen molar-refractivity contribution >= 4 is 12.0 Å². The Bertz CT molecular complexity index is 500. The first kappa shape index (κ1) is 15.3. The Labute approximate surface area is 123 Å². The number of nitrogens with one attached hydrogen (secondary N) is 2. The van der Waals surface area contributed by atoms with Crippen molar-refractivity contribution < 1.29 is 14.7 Å². The molecule has 1 heterocycles. The maximum Gasteiger partial charge on any atom is 0.315 e. The Kier molecular flexibility index (Phi) is 5.19. The van der Waals surface area contributed by atoms with E-state index in [0.717, 1.165) is 25.0 Å². The Morgan fingerprint density at radius 3 is 2.86 bits per heavy atom. The molecular weight excluding hydrogens is 272 g/mol. The Balaban J connectivity index is 1.75. The molecule has 0 saturated heterocycles. The molecule has 1 aliphatic carbocycles. The van der Waals surface area contributed by atoms with Gasteiger partial charge in [-0.25, -0.2) is 4.79 Å². The molecule has 0 aromatic carbocycles. The highest BCUT2D eigenvalue weighted by molar-refractivity contribution is 5.76. The number of aromatic nitrogens is 2. The monoisotopic (exact) mass is 294 g/mol. The van der Waals surface area contributed by atoms with Crippen LogP contribution in [0, 0.1) is 5.92 Å². The molecule has 7 nitrogen and oxygen atoms in total. The highest BCUT2D eigenvalue weighted by Crippen LogP contribution is 2.24. The molecule has 7 heteroatoms. The van der Waals surface area contributed by atoms with E-state index in [1.165, 1.54) is 0 Å². The van der Waals surface area contributed by atoms with E-state index < -0.39 is 11.9 Å². The summed E-state index contributed by atoms with van der Waals surface area (Å²) in [7, 11) is 1.86. The second-order valence-corrected chi connectivity index (χ2v) is 5.43. The quantitative estimate of drug-likeness (QED) is 0.752. The number of carbonyl (C=O) groups is 2.